The van der Waals surface area contributed by atoms with E-state index in [9.17, 15) is 4.79 Å². The molecule has 0 saturated carbocycles. The summed E-state index contributed by atoms with van der Waals surface area (Å²) < 4.78 is 8.10. The zero-order valence-electron chi connectivity index (χ0n) is 12.5. The number of nitrogens with zero attached hydrogens (tertiary/aromatic N) is 4. The second kappa shape index (κ2) is 6.21. The summed E-state index contributed by atoms with van der Waals surface area (Å²) >= 11 is 1.64. The lowest BCUT2D eigenvalue weighted by Gasteiger charge is -2.08. The fraction of sp³-hybridized carbons (Fsp3) is 0.0588. The summed E-state index contributed by atoms with van der Waals surface area (Å²) in [7, 11) is 0. The number of aromatic nitrogens is 4. The van der Waals surface area contributed by atoms with Gasteiger partial charge in [0.25, 0.3) is 0 Å². The van der Waals surface area contributed by atoms with E-state index in [1.165, 1.54) is 22.0 Å². The molecule has 0 spiro atoms. The first kappa shape index (κ1) is 14.5. The third kappa shape index (κ3) is 2.65. The molecule has 4 rings (SSSR count). The number of benzene rings is 1. The molecular weight excluding hydrogens is 324 g/mol. The number of carbonyl (C=O) groups excluding carboxylic acids is 1. The van der Waals surface area contributed by atoms with Crippen LogP contribution in [0.4, 0.5) is 0 Å². The van der Waals surface area contributed by atoms with E-state index in [0.29, 0.717) is 11.4 Å². The number of hydrogen-bond acceptors (Lipinski definition) is 6. The Hall–Kier alpha value is -3.06. The van der Waals surface area contributed by atoms with E-state index in [4.69, 9.17) is 4.74 Å². The highest BCUT2D eigenvalue weighted by Crippen LogP contribution is 2.26. The molecule has 0 aliphatic rings. The van der Waals surface area contributed by atoms with Gasteiger partial charge in [-0.3, -0.25) is 0 Å². The summed E-state index contributed by atoms with van der Waals surface area (Å²) in [5.41, 5.74) is 1.35. The molecule has 118 valence electrons. The van der Waals surface area contributed by atoms with Crippen LogP contribution in [0, 0.1) is 0 Å². The highest BCUT2D eigenvalue weighted by Gasteiger charge is 2.16. The van der Waals surface area contributed by atoms with Gasteiger partial charge in [-0.15, -0.1) is 11.3 Å². The SMILES string of the molecule is O=C(OCc1csc2ccccc12)c1cccnc1-n1cncn1. The van der Waals surface area contributed by atoms with E-state index in [1.807, 2.05) is 23.6 Å². The van der Waals surface area contributed by atoms with Gasteiger partial charge < -0.3 is 4.74 Å². The Labute approximate surface area is 141 Å². The lowest BCUT2D eigenvalue weighted by Crippen LogP contribution is -2.11. The molecule has 0 atom stereocenters. The zero-order chi connectivity index (χ0) is 16.4. The molecule has 1 aromatic carbocycles. The number of ether oxygens (including phenoxy) is 1. The van der Waals surface area contributed by atoms with E-state index < -0.39 is 5.97 Å². The Balaban J connectivity index is 1.57. The van der Waals surface area contributed by atoms with Gasteiger partial charge in [0.1, 0.15) is 24.8 Å². The molecule has 0 bridgehead atoms. The van der Waals surface area contributed by atoms with Gasteiger partial charge in [0.2, 0.25) is 0 Å². The highest BCUT2D eigenvalue weighted by atomic mass is 32.1. The predicted molar refractivity (Wildman–Crippen MR) is 90.1 cm³/mol. The van der Waals surface area contributed by atoms with Gasteiger partial charge in [0, 0.05) is 16.5 Å². The van der Waals surface area contributed by atoms with Crippen molar-refractivity contribution in [3.63, 3.8) is 0 Å². The van der Waals surface area contributed by atoms with Gasteiger partial charge in [-0.25, -0.2) is 19.4 Å². The highest BCUT2D eigenvalue weighted by molar-refractivity contribution is 7.17. The second-order valence-corrected chi connectivity index (χ2v) is 5.96. The zero-order valence-corrected chi connectivity index (χ0v) is 13.3. The van der Waals surface area contributed by atoms with Crippen LogP contribution in [0.3, 0.4) is 0 Å². The molecule has 6 nitrogen and oxygen atoms in total. The molecule has 3 aromatic heterocycles. The summed E-state index contributed by atoms with van der Waals surface area (Å²) in [6, 6.07) is 11.4. The first-order chi connectivity index (χ1) is 11.8. The van der Waals surface area contributed by atoms with Crippen LogP contribution in [0.15, 0.2) is 60.6 Å². The van der Waals surface area contributed by atoms with Crippen molar-refractivity contribution < 1.29 is 9.53 Å². The van der Waals surface area contributed by atoms with Crippen molar-refractivity contribution in [2.45, 2.75) is 6.61 Å². The van der Waals surface area contributed by atoms with Crippen molar-refractivity contribution in [2.24, 2.45) is 0 Å². The summed E-state index contributed by atoms with van der Waals surface area (Å²) in [6.07, 6.45) is 4.48. The number of rotatable bonds is 4. The molecule has 0 aliphatic carbocycles. The maximum absolute atomic E-state index is 12.5. The lowest BCUT2D eigenvalue weighted by molar-refractivity contribution is 0.0474. The number of hydrogen-bond donors (Lipinski definition) is 0. The Morgan fingerprint density at radius 1 is 1.21 bits per heavy atom. The maximum Gasteiger partial charge on any atom is 0.342 e. The Bertz CT molecular complexity index is 995. The maximum atomic E-state index is 12.5. The van der Waals surface area contributed by atoms with E-state index in [1.54, 1.807) is 29.7 Å². The molecule has 0 aliphatic heterocycles. The van der Waals surface area contributed by atoms with Crippen LogP contribution >= 0.6 is 11.3 Å². The molecule has 24 heavy (non-hydrogen) atoms. The van der Waals surface area contributed by atoms with E-state index in [-0.39, 0.29) is 6.61 Å². The topological polar surface area (TPSA) is 69.9 Å². The minimum Gasteiger partial charge on any atom is -0.457 e. The summed E-state index contributed by atoms with van der Waals surface area (Å²) in [5.74, 6) is -0.0425. The van der Waals surface area contributed by atoms with Crippen molar-refractivity contribution >= 4 is 27.4 Å². The van der Waals surface area contributed by atoms with Crippen molar-refractivity contribution in [2.75, 3.05) is 0 Å². The van der Waals surface area contributed by atoms with Gasteiger partial charge in [-0.2, -0.15) is 5.10 Å². The summed E-state index contributed by atoms with van der Waals surface area (Å²) in [6.45, 7) is 0.217. The number of thiophene rings is 1. The molecule has 4 aromatic rings. The van der Waals surface area contributed by atoms with Crippen LogP contribution in [0.5, 0.6) is 0 Å². The number of fused-ring (bicyclic) bond motifs is 1. The van der Waals surface area contributed by atoms with Crippen LogP contribution in [0.25, 0.3) is 15.9 Å². The van der Waals surface area contributed by atoms with Gasteiger partial charge in [-0.1, -0.05) is 18.2 Å². The van der Waals surface area contributed by atoms with Gasteiger partial charge in [-0.05, 0) is 29.0 Å². The molecule has 0 radical (unpaired) electrons. The summed E-state index contributed by atoms with van der Waals surface area (Å²) in [5, 5.41) is 7.14. The van der Waals surface area contributed by atoms with E-state index in [2.05, 4.69) is 21.1 Å². The van der Waals surface area contributed by atoms with Gasteiger partial charge in [0.05, 0.1) is 0 Å². The Kier molecular flexibility index (Phi) is 3.76. The normalized spacial score (nSPS) is 10.8. The average Bonchev–Trinajstić information content (AvgIpc) is 3.30. The van der Waals surface area contributed by atoms with Crippen molar-refractivity contribution in [3.8, 4) is 5.82 Å². The van der Waals surface area contributed by atoms with Crippen molar-refractivity contribution in [3.05, 3.63) is 71.8 Å². The van der Waals surface area contributed by atoms with E-state index >= 15 is 0 Å². The number of esters is 1. The second-order valence-electron chi connectivity index (χ2n) is 5.05. The average molecular weight is 336 g/mol. The van der Waals surface area contributed by atoms with Crippen LogP contribution in [0.2, 0.25) is 0 Å². The predicted octanol–water partition coefficient (Wildman–Crippen LogP) is 3.23. The first-order valence-corrected chi connectivity index (χ1v) is 8.13. The first-order valence-electron chi connectivity index (χ1n) is 7.25. The molecule has 0 saturated heterocycles. The molecule has 0 N–H and O–H groups in total. The molecule has 0 unspecified atom stereocenters. The molecule has 3 heterocycles. The Morgan fingerprint density at radius 3 is 3.00 bits per heavy atom. The van der Waals surface area contributed by atoms with Crippen LogP contribution < -0.4 is 0 Å². The van der Waals surface area contributed by atoms with Crippen LogP contribution in [0.1, 0.15) is 15.9 Å². The third-order valence-corrected chi connectivity index (χ3v) is 4.57. The Morgan fingerprint density at radius 2 is 2.12 bits per heavy atom. The standard InChI is InChI=1S/C17H12N4O2S/c22-17(14-5-3-7-19-16(14)21-11-18-10-20-21)23-8-12-9-24-15-6-2-1-4-13(12)15/h1-7,9-11H,8H2. The largest absolute Gasteiger partial charge is 0.457 e. The van der Waals surface area contributed by atoms with Gasteiger partial charge in [0.15, 0.2) is 5.82 Å². The van der Waals surface area contributed by atoms with Gasteiger partial charge >= 0.3 is 5.97 Å². The lowest BCUT2D eigenvalue weighted by atomic mass is 10.2. The minimum atomic E-state index is -0.441. The third-order valence-electron chi connectivity index (χ3n) is 3.56. The summed E-state index contributed by atoms with van der Waals surface area (Å²) in [4.78, 5) is 20.6. The fourth-order valence-electron chi connectivity index (χ4n) is 2.42. The molecule has 0 amide bonds. The molecule has 0 fully saturated rings. The van der Waals surface area contributed by atoms with Crippen molar-refractivity contribution in [1.82, 2.24) is 19.7 Å². The monoisotopic (exact) mass is 336 g/mol. The minimum absolute atomic E-state index is 0.217. The quantitative estimate of drug-likeness (QED) is 0.535. The van der Waals surface area contributed by atoms with Crippen LogP contribution in [-0.2, 0) is 11.3 Å². The fourth-order valence-corrected chi connectivity index (χ4v) is 3.37. The number of pyridine rings is 1. The van der Waals surface area contributed by atoms with Crippen molar-refractivity contribution in [1.29, 1.82) is 0 Å². The molecule has 7 heteroatoms. The number of carbonyl (C=O) groups is 1. The molecular formula is C17H12N4O2S. The van der Waals surface area contributed by atoms with Crippen LogP contribution in [-0.4, -0.2) is 25.7 Å². The van der Waals surface area contributed by atoms with E-state index in [0.717, 1.165) is 10.9 Å². The smallest absolute Gasteiger partial charge is 0.342 e.